The van der Waals surface area contributed by atoms with Crippen molar-refractivity contribution in [1.29, 1.82) is 0 Å². The van der Waals surface area contributed by atoms with E-state index < -0.39 is 53.6 Å². The predicted molar refractivity (Wildman–Crippen MR) is 337 cm³/mol. The van der Waals surface area contributed by atoms with Crippen LogP contribution in [0.3, 0.4) is 0 Å². The average molecular weight is 1160 g/mol. The van der Waals surface area contributed by atoms with Gasteiger partial charge in [-0.25, -0.2) is 18.2 Å². The number of anilines is 1. The maximum atomic E-state index is 19.3. The molecule has 9 rings (SSSR count). The Bertz CT molecular complexity index is 3310. The third-order valence-electron chi connectivity index (χ3n) is 19.4. The molecule has 5 heterocycles. The van der Waals surface area contributed by atoms with E-state index in [0.717, 1.165) is 6.42 Å². The fourth-order valence-corrected chi connectivity index (χ4v) is 30.7. The lowest BCUT2D eigenvalue weighted by Crippen LogP contribution is -2.66. The van der Waals surface area contributed by atoms with E-state index in [0.29, 0.717) is 59.2 Å². The topological polar surface area (TPSA) is 69.1 Å². The molecule has 0 N–H and O–H groups in total. The fraction of sp³-hybridized carbons (Fsp3) is 0.522. The second kappa shape index (κ2) is 23.1. The number of halogens is 3. The maximum Gasteiger partial charge on any atom is 0.261 e. The first-order chi connectivity index (χ1) is 38.2. The molecule has 0 radical (unpaired) electrons. The molecule has 0 bridgehead atoms. The van der Waals surface area contributed by atoms with Gasteiger partial charge in [-0.1, -0.05) is 177 Å². The minimum atomic E-state index is -2.94. The molecule has 0 saturated carbocycles. The SMILES string of the molecule is CC(C)[Si](C#Cc1c(F)ccc2cc(O[Si](C(C)C)(C(C)C)C(C)C)cc(-c3nc4c5c(cc(=O)n(C[C@@]67CCCN6C[C@H](F)C7)c5c3F)N(C)[C@@H](CCO[Si](c3ccccc3)(c3ccccc3)C(C)(C)C)CO4)c12)(C(C)C)C(C)C. The molecule has 0 aliphatic carbocycles. The molecule has 81 heavy (non-hydrogen) atoms. The molecule has 8 nitrogen and oxygen atoms in total. The van der Waals surface area contributed by atoms with Gasteiger partial charge in [-0.2, -0.15) is 0 Å². The lowest BCUT2D eigenvalue weighted by atomic mass is 9.92. The van der Waals surface area contributed by atoms with E-state index in [1.54, 1.807) is 12.1 Å². The molecule has 2 fully saturated rings. The van der Waals surface area contributed by atoms with Crippen molar-refractivity contribution in [1.82, 2.24) is 14.5 Å². The van der Waals surface area contributed by atoms with Crippen LogP contribution in [0, 0.1) is 23.1 Å². The number of pyridine rings is 2. The molecule has 3 aliphatic heterocycles. The Morgan fingerprint density at radius 1 is 0.802 bits per heavy atom. The first-order valence-electron chi connectivity index (χ1n) is 30.0. The summed E-state index contributed by atoms with van der Waals surface area (Å²) in [6.07, 6.45) is 1.20. The van der Waals surface area contributed by atoms with Crippen molar-refractivity contribution in [2.75, 3.05) is 38.3 Å². The van der Waals surface area contributed by atoms with Gasteiger partial charge in [0, 0.05) is 49.3 Å². The van der Waals surface area contributed by atoms with Crippen molar-refractivity contribution in [2.24, 2.45) is 0 Å². The van der Waals surface area contributed by atoms with Crippen molar-refractivity contribution in [3.8, 4) is 34.4 Å². The summed E-state index contributed by atoms with van der Waals surface area (Å²) in [5.74, 6) is 2.91. The van der Waals surface area contributed by atoms with Crippen LogP contribution in [-0.4, -0.2) is 90.3 Å². The van der Waals surface area contributed by atoms with Gasteiger partial charge in [-0.05, 0) is 104 Å². The van der Waals surface area contributed by atoms with Crippen molar-refractivity contribution < 1.29 is 26.8 Å². The Hall–Kier alpha value is -5.18. The molecule has 2 saturated heterocycles. The van der Waals surface area contributed by atoms with Gasteiger partial charge >= 0.3 is 0 Å². The molecular formula is C67H89F3N4O4Si3. The second-order valence-electron chi connectivity index (χ2n) is 26.8. The number of hydrogen-bond donors (Lipinski definition) is 0. The third kappa shape index (κ3) is 10.5. The summed E-state index contributed by atoms with van der Waals surface area (Å²) in [4.78, 5) is 24.7. The highest BCUT2D eigenvalue weighted by atomic mass is 28.4. The molecule has 3 atom stereocenters. The Morgan fingerprint density at radius 2 is 1.41 bits per heavy atom. The van der Waals surface area contributed by atoms with Crippen LogP contribution in [0.25, 0.3) is 32.9 Å². The lowest BCUT2D eigenvalue weighted by Gasteiger charge is -2.43. The van der Waals surface area contributed by atoms with Crippen LogP contribution < -0.4 is 30.0 Å². The first-order valence-corrected chi connectivity index (χ1v) is 36.3. The zero-order valence-electron chi connectivity index (χ0n) is 51.2. The van der Waals surface area contributed by atoms with Gasteiger partial charge in [0.15, 0.2) is 5.82 Å². The predicted octanol–water partition coefficient (Wildman–Crippen LogP) is 15.4. The van der Waals surface area contributed by atoms with Crippen molar-refractivity contribution in [2.45, 2.75) is 192 Å². The van der Waals surface area contributed by atoms with E-state index in [4.69, 9.17) is 18.6 Å². The van der Waals surface area contributed by atoms with Crippen LogP contribution in [0.1, 0.15) is 135 Å². The van der Waals surface area contributed by atoms with Gasteiger partial charge in [-0.3, -0.25) is 9.69 Å². The highest BCUT2D eigenvalue weighted by Gasteiger charge is 2.52. The minimum Gasteiger partial charge on any atom is -0.543 e. The van der Waals surface area contributed by atoms with Crippen LogP contribution in [0.15, 0.2) is 95.8 Å². The van der Waals surface area contributed by atoms with Gasteiger partial charge in [-0.15, -0.1) is 5.54 Å². The summed E-state index contributed by atoms with van der Waals surface area (Å²) in [5.41, 5.74) is 5.05. The maximum absolute atomic E-state index is 19.3. The van der Waals surface area contributed by atoms with Crippen molar-refractivity contribution in [3.05, 3.63) is 119 Å². The number of ether oxygens (including phenoxy) is 1. The molecule has 4 aromatic carbocycles. The Balaban J connectivity index is 1.28. The summed E-state index contributed by atoms with van der Waals surface area (Å²) in [6.45, 7) is 35.1. The van der Waals surface area contributed by atoms with Crippen LogP contribution in [-0.2, 0) is 11.0 Å². The zero-order valence-corrected chi connectivity index (χ0v) is 54.2. The molecule has 2 aromatic heterocycles. The van der Waals surface area contributed by atoms with Crippen LogP contribution >= 0.6 is 0 Å². The molecule has 3 aliphatic rings. The largest absolute Gasteiger partial charge is 0.543 e. The number of fused-ring (bicyclic) bond motifs is 2. The first kappa shape index (κ1) is 60.4. The normalized spacial score (nSPS) is 19.1. The molecule has 0 spiro atoms. The van der Waals surface area contributed by atoms with Crippen LogP contribution in [0.2, 0.25) is 38.3 Å². The van der Waals surface area contributed by atoms with E-state index in [1.807, 2.05) is 36.2 Å². The Labute approximate surface area is 484 Å². The van der Waals surface area contributed by atoms with Crippen LogP contribution in [0.5, 0.6) is 11.6 Å². The molecule has 6 aromatic rings. The summed E-state index contributed by atoms with van der Waals surface area (Å²) in [6, 6.07) is 29.3. The highest BCUT2D eigenvalue weighted by Crippen LogP contribution is 2.49. The molecule has 434 valence electrons. The number of alkyl halides is 1. The van der Waals surface area contributed by atoms with E-state index in [2.05, 4.69) is 169 Å². The van der Waals surface area contributed by atoms with E-state index >= 15 is 18.0 Å². The van der Waals surface area contributed by atoms with E-state index in [-0.39, 0.29) is 93.1 Å². The lowest BCUT2D eigenvalue weighted by molar-refractivity contribution is 0.169. The number of benzene rings is 4. The van der Waals surface area contributed by atoms with E-state index in [1.165, 1.54) is 21.0 Å². The quantitative estimate of drug-likeness (QED) is 0.0666. The highest BCUT2D eigenvalue weighted by molar-refractivity contribution is 6.99. The standard InChI is InChI=1S/C67H89F3N4O4Si3/c1-43(2)79(44(3)4,45(5)6)35-31-55-57(69)29-28-49-36-52(78-80(46(7)8,47(9)10)48(11)12)37-56(60(49)55)63-62(70)64-61-58(38-59(75)74(64)42-67-32-23-33-73(67)40-50(68)39-67)72(16)51(41-76-65(61)71-63)30-34-77-81(66(13,14)15,53-24-19-17-20-25-53)54-26-21-18-22-27-54/h17-22,24-29,36-38,43-48,50-51H,23,30,32-34,39-42H2,1-16H3/t50-,51+,67+/m1/s1. The smallest absolute Gasteiger partial charge is 0.261 e. The van der Waals surface area contributed by atoms with Gasteiger partial charge < -0.3 is 23.1 Å². The van der Waals surface area contributed by atoms with Gasteiger partial charge in [0.1, 0.15) is 38.1 Å². The molecular weight excluding hydrogens is 1070 g/mol. The van der Waals surface area contributed by atoms with Gasteiger partial charge in [0.2, 0.25) is 5.88 Å². The summed E-state index contributed by atoms with van der Waals surface area (Å²) < 4.78 is 75.5. The van der Waals surface area contributed by atoms with Crippen LogP contribution in [0.4, 0.5) is 18.9 Å². The number of likely N-dealkylation sites (N-methyl/N-ethyl adjacent to an activating group) is 1. The molecule has 14 heteroatoms. The summed E-state index contributed by atoms with van der Waals surface area (Å²) in [5, 5.41) is 3.50. The number of aromatic nitrogens is 2. The van der Waals surface area contributed by atoms with Gasteiger partial charge in [0.25, 0.3) is 22.2 Å². The third-order valence-corrected chi connectivity index (χ3v) is 36.8. The number of rotatable bonds is 17. The fourth-order valence-electron chi connectivity index (χ4n) is 15.7. The Kier molecular flexibility index (Phi) is 17.2. The molecule has 0 unspecified atom stereocenters. The minimum absolute atomic E-state index is 0.0294. The number of hydrogen-bond acceptors (Lipinski definition) is 7. The zero-order chi connectivity index (χ0) is 58.7. The monoisotopic (exact) mass is 1150 g/mol. The van der Waals surface area contributed by atoms with Crippen molar-refractivity contribution >= 4 is 62.4 Å². The number of nitrogens with zero attached hydrogens (tertiary/aromatic N) is 4. The Morgan fingerprint density at radius 3 is 1.98 bits per heavy atom. The summed E-state index contributed by atoms with van der Waals surface area (Å²) >= 11 is 0. The van der Waals surface area contributed by atoms with Crippen molar-refractivity contribution in [3.63, 3.8) is 0 Å². The summed E-state index contributed by atoms with van der Waals surface area (Å²) in [7, 11) is -6.06. The second-order valence-corrected chi connectivity index (χ2v) is 42.0. The van der Waals surface area contributed by atoms with Gasteiger partial charge in [0.05, 0.1) is 28.2 Å². The van der Waals surface area contributed by atoms with E-state index in [9.17, 15) is 0 Å². The average Bonchev–Trinajstić information content (AvgIpc) is 4.14. The molecule has 0 amide bonds.